The number of nitrogens with zero attached hydrogens (tertiary/aromatic N) is 1. The van der Waals surface area contributed by atoms with Crippen LogP contribution in [0.3, 0.4) is 0 Å². The van der Waals surface area contributed by atoms with Gasteiger partial charge in [0.25, 0.3) is 0 Å². The summed E-state index contributed by atoms with van der Waals surface area (Å²) in [5.74, 6) is 1.73. The van der Waals surface area contributed by atoms with Gasteiger partial charge in [0.1, 0.15) is 5.82 Å². The summed E-state index contributed by atoms with van der Waals surface area (Å²) < 4.78 is 0. The number of rotatable bonds is 2. The fraction of sp³-hybridized carbons (Fsp3) is 0.471. The van der Waals surface area contributed by atoms with Gasteiger partial charge in [0.05, 0.1) is 11.9 Å². The number of benzene rings is 1. The van der Waals surface area contributed by atoms with Crippen LogP contribution in [0.4, 0.5) is 0 Å². The van der Waals surface area contributed by atoms with Gasteiger partial charge in [-0.2, -0.15) is 0 Å². The van der Waals surface area contributed by atoms with Gasteiger partial charge in [-0.1, -0.05) is 6.07 Å². The largest absolute Gasteiger partial charge is 0.342 e. The molecule has 0 atom stereocenters. The van der Waals surface area contributed by atoms with Crippen molar-refractivity contribution in [3.8, 4) is 11.3 Å². The maximum atomic E-state index is 4.63. The molecule has 0 unspecified atom stereocenters. The number of piperidine rings is 1. The van der Waals surface area contributed by atoms with Crippen LogP contribution in [0.1, 0.15) is 41.3 Å². The molecular formula is C17H23N3. The third kappa shape index (κ3) is 2.50. The fourth-order valence-electron chi connectivity index (χ4n) is 3.03. The lowest BCUT2D eigenvalue weighted by Gasteiger charge is -2.20. The lowest BCUT2D eigenvalue weighted by atomic mass is 9.97. The molecule has 106 valence electrons. The van der Waals surface area contributed by atoms with Crippen molar-refractivity contribution in [1.29, 1.82) is 0 Å². The van der Waals surface area contributed by atoms with Gasteiger partial charge >= 0.3 is 0 Å². The number of aromatic amines is 1. The quantitative estimate of drug-likeness (QED) is 0.876. The van der Waals surface area contributed by atoms with Gasteiger partial charge in [-0.05, 0) is 69.5 Å². The predicted octanol–water partition coefficient (Wildman–Crippen LogP) is 3.47. The molecule has 1 saturated heterocycles. The van der Waals surface area contributed by atoms with E-state index in [2.05, 4.69) is 48.2 Å². The number of hydrogen-bond acceptors (Lipinski definition) is 2. The van der Waals surface area contributed by atoms with Gasteiger partial charge in [0.15, 0.2) is 0 Å². The number of hydrogen-bond donors (Lipinski definition) is 2. The zero-order valence-electron chi connectivity index (χ0n) is 12.6. The van der Waals surface area contributed by atoms with Gasteiger partial charge in [-0.25, -0.2) is 4.98 Å². The van der Waals surface area contributed by atoms with Crippen LogP contribution < -0.4 is 5.32 Å². The van der Waals surface area contributed by atoms with E-state index in [1.807, 2.05) is 6.20 Å². The molecule has 0 amide bonds. The normalized spacial score (nSPS) is 16.6. The molecule has 2 N–H and O–H groups in total. The molecule has 2 aromatic rings. The highest BCUT2D eigenvalue weighted by atomic mass is 14.9. The van der Waals surface area contributed by atoms with E-state index in [-0.39, 0.29) is 0 Å². The van der Waals surface area contributed by atoms with Crippen LogP contribution in [0, 0.1) is 20.8 Å². The Morgan fingerprint density at radius 3 is 2.45 bits per heavy atom. The smallest absolute Gasteiger partial charge is 0.109 e. The second-order valence-electron chi connectivity index (χ2n) is 5.96. The summed E-state index contributed by atoms with van der Waals surface area (Å²) in [6, 6.07) is 4.53. The summed E-state index contributed by atoms with van der Waals surface area (Å²) in [7, 11) is 0. The van der Waals surface area contributed by atoms with E-state index in [0.29, 0.717) is 5.92 Å². The van der Waals surface area contributed by atoms with E-state index in [9.17, 15) is 0 Å². The van der Waals surface area contributed by atoms with E-state index in [0.717, 1.165) is 24.6 Å². The number of aromatic nitrogens is 2. The van der Waals surface area contributed by atoms with Crippen molar-refractivity contribution in [2.45, 2.75) is 39.5 Å². The van der Waals surface area contributed by atoms with Gasteiger partial charge in [-0.15, -0.1) is 0 Å². The van der Waals surface area contributed by atoms with Gasteiger partial charge in [0, 0.05) is 11.5 Å². The number of nitrogens with one attached hydrogen (secondary N) is 2. The Balaban J connectivity index is 1.91. The molecule has 0 bridgehead atoms. The standard InChI is InChI=1S/C17H23N3/c1-11-8-13(3)15(9-12(11)2)16-10-19-17(20-16)14-4-6-18-7-5-14/h8-10,14,18H,4-7H2,1-3H3,(H,19,20). The van der Waals surface area contributed by atoms with Crippen LogP contribution in [-0.4, -0.2) is 23.1 Å². The highest BCUT2D eigenvalue weighted by Gasteiger charge is 2.18. The minimum absolute atomic E-state index is 0.580. The number of H-pyrrole nitrogens is 1. The zero-order valence-corrected chi connectivity index (χ0v) is 12.6. The Kier molecular flexibility index (Phi) is 3.62. The molecule has 0 saturated carbocycles. The lowest BCUT2D eigenvalue weighted by molar-refractivity contribution is 0.447. The van der Waals surface area contributed by atoms with Crippen molar-refractivity contribution in [2.24, 2.45) is 0 Å². The van der Waals surface area contributed by atoms with Crippen molar-refractivity contribution in [3.05, 3.63) is 40.8 Å². The van der Waals surface area contributed by atoms with Crippen LogP contribution in [0.2, 0.25) is 0 Å². The van der Waals surface area contributed by atoms with Crippen LogP contribution in [-0.2, 0) is 0 Å². The molecular weight excluding hydrogens is 246 g/mol. The summed E-state index contributed by atoms with van der Waals surface area (Å²) in [6.45, 7) is 8.71. The first-order valence-electron chi connectivity index (χ1n) is 7.49. The van der Waals surface area contributed by atoms with Gasteiger partial charge in [0.2, 0.25) is 0 Å². The predicted molar refractivity (Wildman–Crippen MR) is 83.1 cm³/mol. The Hall–Kier alpha value is -1.61. The van der Waals surface area contributed by atoms with E-state index in [1.165, 1.54) is 35.1 Å². The molecule has 3 heteroatoms. The lowest BCUT2D eigenvalue weighted by Crippen LogP contribution is -2.27. The average Bonchev–Trinajstić information content (AvgIpc) is 2.93. The van der Waals surface area contributed by atoms with Gasteiger partial charge in [-0.3, -0.25) is 0 Å². The Morgan fingerprint density at radius 2 is 1.70 bits per heavy atom. The molecule has 1 fully saturated rings. The summed E-state index contributed by atoms with van der Waals surface area (Å²) in [4.78, 5) is 8.17. The molecule has 0 spiro atoms. The fourth-order valence-corrected chi connectivity index (χ4v) is 3.03. The molecule has 20 heavy (non-hydrogen) atoms. The van der Waals surface area contributed by atoms with E-state index >= 15 is 0 Å². The van der Waals surface area contributed by atoms with Crippen LogP contribution >= 0.6 is 0 Å². The molecule has 3 rings (SSSR count). The first-order valence-corrected chi connectivity index (χ1v) is 7.49. The summed E-state index contributed by atoms with van der Waals surface area (Å²) in [6.07, 6.45) is 4.35. The Bertz CT molecular complexity index is 607. The highest BCUT2D eigenvalue weighted by molar-refractivity contribution is 5.65. The minimum Gasteiger partial charge on any atom is -0.342 e. The minimum atomic E-state index is 0.580. The SMILES string of the molecule is Cc1cc(C)c(-c2cnc(C3CCNCC3)[nH]2)cc1C. The summed E-state index contributed by atoms with van der Waals surface area (Å²) >= 11 is 0. The molecule has 1 aromatic heterocycles. The monoisotopic (exact) mass is 269 g/mol. The molecule has 3 nitrogen and oxygen atoms in total. The van der Waals surface area contributed by atoms with Crippen molar-refractivity contribution < 1.29 is 0 Å². The van der Waals surface area contributed by atoms with Crippen LogP contribution in [0.15, 0.2) is 18.3 Å². The molecule has 0 aliphatic carbocycles. The number of aryl methyl sites for hydroxylation is 3. The van der Waals surface area contributed by atoms with Crippen molar-refractivity contribution in [1.82, 2.24) is 15.3 Å². The zero-order chi connectivity index (χ0) is 14.1. The second kappa shape index (κ2) is 5.41. The molecule has 1 aliphatic heterocycles. The summed E-state index contributed by atoms with van der Waals surface area (Å²) in [5.41, 5.74) is 6.43. The van der Waals surface area contributed by atoms with Gasteiger partial charge < -0.3 is 10.3 Å². The van der Waals surface area contributed by atoms with Crippen LogP contribution in [0.25, 0.3) is 11.3 Å². The van der Waals surface area contributed by atoms with E-state index < -0.39 is 0 Å². The third-order valence-corrected chi connectivity index (χ3v) is 4.45. The Labute approximate surface area is 120 Å². The third-order valence-electron chi connectivity index (χ3n) is 4.45. The average molecular weight is 269 g/mol. The first-order chi connectivity index (χ1) is 9.65. The molecule has 2 heterocycles. The second-order valence-corrected chi connectivity index (χ2v) is 5.96. The van der Waals surface area contributed by atoms with Crippen molar-refractivity contribution in [2.75, 3.05) is 13.1 Å². The molecule has 1 aromatic carbocycles. The highest BCUT2D eigenvalue weighted by Crippen LogP contribution is 2.28. The van der Waals surface area contributed by atoms with Crippen molar-refractivity contribution >= 4 is 0 Å². The van der Waals surface area contributed by atoms with Crippen molar-refractivity contribution in [3.63, 3.8) is 0 Å². The molecule has 0 radical (unpaired) electrons. The molecule has 1 aliphatic rings. The number of imidazole rings is 1. The Morgan fingerprint density at radius 1 is 1.00 bits per heavy atom. The summed E-state index contributed by atoms with van der Waals surface area (Å²) in [5, 5.41) is 3.40. The van der Waals surface area contributed by atoms with Crippen LogP contribution in [0.5, 0.6) is 0 Å². The maximum absolute atomic E-state index is 4.63. The maximum Gasteiger partial charge on any atom is 0.109 e. The first kappa shape index (κ1) is 13.4. The van der Waals surface area contributed by atoms with E-state index in [4.69, 9.17) is 0 Å². The van der Waals surface area contributed by atoms with E-state index in [1.54, 1.807) is 0 Å². The topological polar surface area (TPSA) is 40.7 Å².